The van der Waals surface area contributed by atoms with Crippen molar-refractivity contribution in [2.75, 3.05) is 6.61 Å². The summed E-state index contributed by atoms with van der Waals surface area (Å²) in [5, 5.41) is 2.05. The lowest BCUT2D eigenvalue weighted by atomic mass is 9.79. The van der Waals surface area contributed by atoms with E-state index in [1.54, 1.807) is 11.3 Å². The van der Waals surface area contributed by atoms with E-state index in [2.05, 4.69) is 29.6 Å². The van der Waals surface area contributed by atoms with E-state index < -0.39 is 0 Å². The molecule has 4 rings (SSSR count). The van der Waals surface area contributed by atoms with Crippen molar-refractivity contribution in [3.8, 4) is 0 Å². The lowest BCUT2D eigenvalue weighted by Gasteiger charge is -2.22. The van der Waals surface area contributed by atoms with Crippen LogP contribution in [0.1, 0.15) is 16.0 Å². The number of carbonyl (C=O) groups is 1. The Bertz CT molecular complexity index is 683. The molecular weight excluding hydrogens is 256 g/mol. The molecule has 1 aliphatic heterocycles. The highest BCUT2D eigenvalue weighted by molar-refractivity contribution is 7.11. The summed E-state index contributed by atoms with van der Waals surface area (Å²) in [7, 11) is 0. The van der Waals surface area contributed by atoms with Crippen LogP contribution in [0.25, 0.3) is 5.57 Å². The molecule has 1 unspecified atom stereocenters. The lowest BCUT2D eigenvalue weighted by Crippen LogP contribution is -2.16. The molecule has 0 radical (unpaired) electrons. The first-order valence-corrected chi connectivity index (χ1v) is 7.26. The van der Waals surface area contributed by atoms with Gasteiger partial charge in [0.25, 0.3) is 0 Å². The minimum atomic E-state index is -0.136. The van der Waals surface area contributed by atoms with E-state index in [-0.39, 0.29) is 11.9 Å². The van der Waals surface area contributed by atoms with E-state index >= 15 is 0 Å². The van der Waals surface area contributed by atoms with Crippen LogP contribution < -0.4 is 0 Å². The Morgan fingerprint density at radius 1 is 1.16 bits per heavy atom. The van der Waals surface area contributed by atoms with Crippen LogP contribution in [0, 0.1) is 5.92 Å². The third-order valence-electron chi connectivity index (χ3n) is 3.83. The van der Waals surface area contributed by atoms with Gasteiger partial charge in [0, 0.05) is 16.4 Å². The molecule has 2 nitrogen and oxygen atoms in total. The van der Waals surface area contributed by atoms with Gasteiger partial charge in [0.1, 0.15) is 0 Å². The van der Waals surface area contributed by atoms with Crippen molar-refractivity contribution in [2.24, 2.45) is 5.92 Å². The number of rotatable bonds is 1. The maximum Gasteiger partial charge on any atom is 0.335 e. The second-order valence-corrected chi connectivity index (χ2v) is 5.87. The van der Waals surface area contributed by atoms with Crippen molar-refractivity contribution in [3.05, 3.63) is 63.4 Å². The van der Waals surface area contributed by atoms with Gasteiger partial charge in [-0.25, -0.2) is 4.79 Å². The molecule has 3 heteroatoms. The van der Waals surface area contributed by atoms with Crippen LogP contribution in [0.2, 0.25) is 0 Å². The first kappa shape index (κ1) is 11.0. The molecule has 1 saturated heterocycles. The number of hydrogen-bond acceptors (Lipinski definition) is 3. The maximum absolute atomic E-state index is 12.0. The first-order valence-electron chi connectivity index (χ1n) is 6.38. The van der Waals surface area contributed by atoms with Crippen LogP contribution in [-0.2, 0) is 16.0 Å². The van der Waals surface area contributed by atoms with E-state index in [0.717, 1.165) is 22.4 Å². The van der Waals surface area contributed by atoms with Crippen molar-refractivity contribution in [1.29, 1.82) is 0 Å². The Kier molecular flexibility index (Phi) is 2.35. The van der Waals surface area contributed by atoms with Gasteiger partial charge in [0.05, 0.1) is 12.2 Å². The van der Waals surface area contributed by atoms with Crippen molar-refractivity contribution >= 4 is 22.9 Å². The molecule has 1 atom stereocenters. The molecule has 1 fully saturated rings. The molecule has 1 aromatic heterocycles. The van der Waals surface area contributed by atoms with Gasteiger partial charge < -0.3 is 4.74 Å². The van der Waals surface area contributed by atoms with Crippen LogP contribution in [0.5, 0.6) is 0 Å². The minimum Gasteiger partial charge on any atom is -0.462 e. The first-order chi connectivity index (χ1) is 9.34. The number of carbonyl (C=O) groups excluding carboxylic acids is 1. The molecule has 1 aliphatic carbocycles. The Morgan fingerprint density at radius 3 is 2.89 bits per heavy atom. The summed E-state index contributed by atoms with van der Waals surface area (Å²) < 4.78 is 5.27. The zero-order chi connectivity index (χ0) is 12.8. The largest absolute Gasteiger partial charge is 0.462 e. The summed E-state index contributed by atoms with van der Waals surface area (Å²) in [4.78, 5) is 13.2. The molecule has 19 heavy (non-hydrogen) atoms. The second kappa shape index (κ2) is 4.07. The van der Waals surface area contributed by atoms with E-state index in [1.807, 2.05) is 12.1 Å². The Hall–Kier alpha value is -1.87. The number of thiophene rings is 1. The van der Waals surface area contributed by atoms with Crippen molar-refractivity contribution in [2.45, 2.75) is 6.42 Å². The van der Waals surface area contributed by atoms with Gasteiger partial charge >= 0.3 is 5.97 Å². The van der Waals surface area contributed by atoms with E-state index in [0.29, 0.717) is 6.61 Å². The maximum atomic E-state index is 12.0. The summed E-state index contributed by atoms with van der Waals surface area (Å²) >= 11 is 1.68. The van der Waals surface area contributed by atoms with Crippen molar-refractivity contribution in [1.82, 2.24) is 0 Å². The SMILES string of the molecule is O=C1OCC2Cc3ccccc3C(c3cccs3)=C12. The smallest absolute Gasteiger partial charge is 0.335 e. The second-order valence-electron chi connectivity index (χ2n) is 4.92. The average molecular weight is 268 g/mol. The summed E-state index contributed by atoms with van der Waals surface area (Å²) in [6.07, 6.45) is 0.909. The fourth-order valence-electron chi connectivity index (χ4n) is 3.01. The fraction of sp³-hybridized carbons (Fsp3) is 0.188. The summed E-state index contributed by atoms with van der Waals surface area (Å²) in [5.41, 5.74) is 4.47. The Balaban J connectivity index is 2.03. The zero-order valence-electron chi connectivity index (χ0n) is 10.3. The quantitative estimate of drug-likeness (QED) is 0.742. The fourth-order valence-corrected chi connectivity index (χ4v) is 3.81. The van der Waals surface area contributed by atoms with E-state index in [9.17, 15) is 4.79 Å². The van der Waals surface area contributed by atoms with E-state index in [1.165, 1.54) is 11.1 Å². The van der Waals surface area contributed by atoms with Crippen LogP contribution in [0.15, 0.2) is 47.4 Å². The standard InChI is InChI=1S/C16H12O2S/c17-16-14-11(9-18-16)8-10-4-1-2-5-12(10)15(14)13-6-3-7-19-13/h1-7,11H,8-9H2. The third kappa shape index (κ3) is 1.58. The molecule has 2 aromatic rings. The normalized spacial score (nSPS) is 21.1. The number of fused-ring (bicyclic) bond motifs is 2. The molecule has 1 aromatic carbocycles. The van der Waals surface area contributed by atoms with Crippen molar-refractivity contribution in [3.63, 3.8) is 0 Å². The van der Waals surface area contributed by atoms with Gasteiger partial charge in [-0.2, -0.15) is 0 Å². The molecule has 2 heterocycles. The zero-order valence-corrected chi connectivity index (χ0v) is 11.1. The number of benzene rings is 1. The minimum absolute atomic E-state index is 0.136. The van der Waals surface area contributed by atoms with E-state index in [4.69, 9.17) is 4.74 Å². The molecule has 0 N–H and O–H groups in total. The lowest BCUT2D eigenvalue weighted by molar-refractivity contribution is -0.135. The number of ether oxygens (including phenoxy) is 1. The Labute approximate surface area is 115 Å². The highest BCUT2D eigenvalue weighted by Gasteiger charge is 2.38. The Morgan fingerprint density at radius 2 is 2.05 bits per heavy atom. The van der Waals surface area contributed by atoms with Crippen molar-refractivity contribution < 1.29 is 9.53 Å². The van der Waals surface area contributed by atoms with Gasteiger partial charge in [-0.05, 0) is 29.0 Å². The van der Waals surface area contributed by atoms with Gasteiger partial charge in [0.2, 0.25) is 0 Å². The highest BCUT2D eigenvalue weighted by atomic mass is 32.1. The highest BCUT2D eigenvalue weighted by Crippen LogP contribution is 2.43. The van der Waals surface area contributed by atoms with Gasteiger partial charge in [0.15, 0.2) is 0 Å². The topological polar surface area (TPSA) is 26.3 Å². The molecule has 0 bridgehead atoms. The summed E-state index contributed by atoms with van der Waals surface area (Å²) in [6.45, 7) is 0.525. The third-order valence-corrected chi connectivity index (χ3v) is 4.72. The number of cyclic esters (lactones) is 1. The summed E-state index contributed by atoms with van der Waals surface area (Å²) in [6, 6.07) is 12.5. The molecule has 0 spiro atoms. The van der Waals surface area contributed by atoms with Gasteiger partial charge in [-0.1, -0.05) is 30.3 Å². The monoisotopic (exact) mass is 268 g/mol. The summed E-state index contributed by atoms with van der Waals surface area (Å²) in [5.74, 6) is 0.0856. The predicted molar refractivity (Wildman–Crippen MR) is 74.9 cm³/mol. The molecule has 2 aliphatic rings. The molecule has 0 amide bonds. The molecule has 94 valence electrons. The van der Waals surface area contributed by atoms with Gasteiger partial charge in [-0.3, -0.25) is 0 Å². The van der Waals surface area contributed by atoms with Crippen LogP contribution >= 0.6 is 11.3 Å². The molecular formula is C16H12O2S. The van der Waals surface area contributed by atoms with Gasteiger partial charge in [-0.15, -0.1) is 11.3 Å². The molecule has 0 saturated carbocycles. The van der Waals surface area contributed by atoms with Crippen LogP contribution in [0.3, 0.4) is 0 Å². The predicted octanol–water partition coefficient (Wildman–Crippen LogP) is 3.28. The number of esters is 1. The average Bonchev–Trinajstić information content (AvgIpc) is 3.07. The van der Waals surface area contributed by atoms with Crippen LogP contribution in [-0.4, -0.2) is 12.6 Å². The number of hydrogen-bond donors (Lipinski definition) is 0. The van der Waals surface area contributed by atoms with Crippen LogP contribution in [0.4, 0.5) is 0 Å².